The van der Waals surface area contributed by atoms with Crippen LogP contribution in [0.2, 0.25) is 0 Å². The Morgan fingerprint density at radius 3 is 2.71 bits per heavy atom. The summed E-state index contributed by atoms with van der Waals surface area (Å²) in [5.41, 5.74) is 2.76. The first-order chi connectivity index (χ1) is 8.31. The lowest BCUT2D eigenvalue weighted by molar-refractivity contribution is -0.0125. The van der Waals surface area contributed by atoms with Gasteiger partial charge in [-0.05, 0) is 5.56 Å². The third-order valence-corrected chi connectivity index (χ3v) is 3.43. The fourth-order valence-electron chi connectivity index (χ4n) is 1.81. The van der Waals surface area contributed by atoms with Gasteiger partial charge in [0, 0.05) is 24.6 Å². The van der Waals surface area contributed by atoms with Crippen LogP contribution >= 0.6 is 11.3 Å². The first kappa shape index (κ1) is 12.2. The van der Waals surface area contributed by atoms with Crippen LogP contribution in [-0.2, 0) is 11.2 Å². The summed E-state index contributed by atoms with van der Waals surface area (Å²) in [5.74, 6) is 0. The van der Waals surface area contributed by atoms with Crippen molar-refractivity contribution in [1.82, 2.24) is 4.98 Å². The first-order valence-electron chi connectivity index (χ1n) is 5.44. The minimum Gasteiger partial charge on any atom is -0.390 e. The van der Waals surface area contributed by atoms with Crippen molar-refractivity contribution in [1.29, 1.82) is 0 Å². The molecular weight excluding hydrogens is 234 g/mol. The monoisotopic (exact) mass is 249 g/mol. The predicted octanol–water partition coefficient (Wildman–Crippen LogP) is 2.43. The fraction of sp³-hybridized carbons (Fsp3) is 0.308. The number of methoxy groups -OCH3 is 1. The Morgan fingerprint density at radius 2 is 2.12 bits per heavy atom. The smallest absolute Gasteiger partial charge is 0.108 e. The third-order valence-electron chi connectivity index (χ3n) is 2.63. The Balaban J connectivity index is 2.08. The molecule has 0 radical (unpaired) electrons. The largest absolute Gasteiger partial charge is 0.390 e. The van der Waals surface area contributed by atoms with Gasteiger partial charge < -0.3 is 9.84 Å². The molecule has 2 unspecified atom stereocenters. The molecule has 2 atom stereocenters. The van der Waals surface area contributed by atoms with Gasteiger partial charge in [-0.2, -0.15) is 0 Å². The lowest BCUT2D eigenvalue weighted by Gasteiger charge is -2.21. The van der Waals surface area contributed by atoms with E-state index in [1.165, 1.54) is 0 Å². The molecule has 0 bridgehead atoms. The number of hydrogen-bond acceptors (Lipinski definition) is 4. The van der Waals surface area contributed by atoms with Crippen molar-refractivity contribution in [2.24, 2.45) is 0 Å². The van der Waals surface area contributed by atoms with Gasteiger partial charge >= 0.3 is 0 Å². The molecule has 3 nitrogen and oxygen atoms in total. The molecule has 1 aromatic heterocycles. The molecule has 0 amide bonds. The lowest BCUT2D eigenvalue weighted by atomic mass is 10.0. The number of hydrogen-bond donors (Lipinski definition) is 1. The molecule has 2 rings (SSSR count). The van der Waals surface area contributed by atoms with Crippen molar-refractivity contribution in [3.8, 4) is 0 Å². The summed E-state index contributed by atoms with van der Waals surface area (Å²) in [6.45, 7) is 0. The molecule has 2 aromatic rings. The quantitative estimate of drug-likeness (QED) is 0.885. The second-order valence-corrected chi connectivity index (χ2v) is 4.78. The molecule has 1 heterocycles. The van der Waals surface area contributed by atoms with Gasteiger partial charge in [-0.15, -0.1) is 11.3 Å². The van der Waals surface area contributed by atoms with Gasteiger partial charge in [-0.1, -0.05) is 30.3 Å². The van der Waals surface area contributed by atoms with E-state index in [0.717, 1.165) is 10.4 Å². The molecule has 0 spiro atoms. The van der Waals surface area contributed by atoms with E-state index in [4.69, 9.17) is 4.74 Å². The van der Waals surface area contributed by atoms with Crippen LogP contribution in [0.25, 0.3) is 0 Å². The van der Waals surface area contributed by atoms with Crippen LogP contribution in [0.15, 0.2) is 42.0 Å². The molecule has 17 heavy (non-hydrogen) atoms. The van der Waals surface area contributed by atoms with Gasteiger partial charge in [-0.3, -0.25) is 4.98 Å². The van der Waals surface area contributed by atoms with Crippen LogP contribution < -0.4 is 0 Å². The average molecular weight is 249 g/mol. The third kappa shape index (κ3) is 3.12. The van der Waals surface area contributed by atoms with Crippen LogP contribution in [0.3, 0.4) is 0 Å². The van der Waals surface area contributed by atoms with E-state index in [1.807, 2.05) is 30.3 Å². The Labute approximate surface area is 105 Å². The molecule has 4 heteroatoms. The zero-order chi connectivity index (χ0) is 12.1. The summed E-state index contributed by atoms with van der Waals surface area (Å²) in [5, 5.41) is 10.2. The van der Waals surface area contributed by atoms with Crippen LogP contribution in [0.1, 0.15) is 16.5 Å². The van der Waals surface area contributed by atoms with Crippen molar-refractivity contribution < 1.29 is 9.84 Å². The molecule has 0 fully saturated rings. The van der Waals surface area contributed by atoms with E-state index in [9.17, 15) is 5.11 Å². The number of thiazole rings is 1. The summed E-state index contributed by atoms with van der Waals surface area (Å²) in [6.07, 6.45) is 1.50. The molecule has 0 saturated heterocycles. The van der Waals surface area contributed by atoms with Crippen molar-refractivity contribution >= 4 is 11.3 Å². The Bertz CT molecular complexity index is 430. The van der Waals surface area contributed by atoms with E-state index in [-0.39, 0.29) is 6.10 Å². The number of aromatic nitrogens is 1. The van der Waals surface area contributed by atoms with E-state index in [2.05, 4.69) is 4.98 Å². The molecule has 0 saturated carbocycles. The van der Waals surface area contributed by atoms with Gasteiger partial charge in [0.2, 0.25) is 0 Å². The molecule has 1 N–H and O–H groups in total. The lowest BCUT2D eigenvalue weighted by Crippen LogP contribution is -2.22. The molecule has 1 aromatic carbocycles. The summed E-state index contributed by atoms with van der Waals surface area (Å²) < 4.78 is 5.38. The van der Waals surface area contributed by atoms with E-state index < -0.39 is 6.10 Å². The molecule has 0 aliphatic heterocycles. The van der Waals surface area contributed by atoms with Crippen molar-refractivity contribution in [2.45, 2.75) is 18.6 Å². The van der Waals surface area contributed by atoms with Gasteiger partial charge in [0.15, 0.2) is 0 Å². The Kier molecular flexibility index (Phi) is 4.25. The SMILES string of the molecule is COC(c1ccccc1)C(O)Cc1cncs1. The number of nitrogens with zero attached hydrogens (tertiary/aromatic N) is 1. The molecule has 0 aliphatic rings. The zero-order valence-corrected chi connectivity index (χ0v) is 10.4. The molecule has 0 aliphatic carbocycles. The van der Waals surface area contributed by atoms with Crippen LogP contribution in [-0.4, -0.2) is 23.3 Å². The maximum Gasteiger partial charge on any atom is 0.108 e. The predicted molar refractivity (Wildman–Crippen MR) is 68.0 cm³/mol. The summed E-state index contributed by atoms with van der Waals surface area (Å²) in [6, 6.07) is 9.77. The number of ether oxygens (including phenoxy) is 1. The Morgan fingerprint density at radius 1 is 1.35 bits per heavy atom. The minimum absolute atomic E-state index is 0.293. The first-order valence-corrected chi connectivity index (χ1v) is 6.32. The maximum absolute atomic E-state index is 10.2. The van der Waals surface area contributed by atoms with Gasteiger partial charge in [0.1, 0.15) is 6.10 Å². The standard InChI is InChI=1S/C13H15NO2S/c1-16-13(10-5-3-2-4-6-10)12(15)7-11-8-14-9-17-11/h2-6,8-9,12-13,15H,7H2,1H3. The number of aliphatic hydroxyl groups is 1. The average Bonchev–Trinajstić information content (AvgIpc) is 2.84. The normalized spacial score (nSPS) is 14.5. The second-order valence-electron chi connectivity index (χ2n) is 3.81. The van der Waals surface area contributed by atoms with Crippen LogP contribution in [0.5, 0.6) is 0 Å². The highest BCUT2D eigenvalue weighted by Crippen LogP contribution is 2.23. The van der Waals surface area contributed by atoms with Crippen LogP contribution in [0, 0.1) is 0 Å². The second kappa shape index (κ2) is 5.91. The highest BCUT2D eigenvalue weighted by atomic mass is 32.1. The van der Waals surface area contributed by atoms with Gasteiger partial charge in [0.05, 0.1) is 11.6 Å². The fourth-order valence-corrected chi connectivity index (χ4v) is 2.46. The van der Waals surface area contributed by atoms with Crippen molar-refractivity contribution in [3.05, 3.63) is 52.5 Å². The minimum atomic E-state index is -0.553. The van der Waals surface area contributed by atoms with Gasteiger partial charge in [-0.25, -0.2) is 0 Å². The summed E-state index contributed by atoms with van der Waals surface area (Å²) >= 11 is 1.55. The van der Waals surface area contributed by atoms with E-state index >= 15 is 0 Å². The zero-order valence-electron chi connectivity index (χ0n) is 9.61. The van der Waals surface area contributed by atoms with E-state index in [1.54, 1.807) is 30.2 Å². The summed E-state index contributed by atoms with van der Waals surface area (Å²) in [7, 11) is 1.62. The van der Waals surface area contributed by atoms with E-state index in [0.29, 0.717) is 6.42 Å². The van der Waals surface area contributed by atoms with Crippen molar-refractivity contribution in [2.75, 3.05) is 7.11 Å². The highest BCUT2D eigenvalue weighted by molar-refractivity contribution is 7.09. The maximum atomic E-state index is 10.2. The number of aliphatic hydroxyl groups excluding tert-OH is 1. The van der Waals surface area contributed by atoms with Crippen molar-refractivity contribution in [3.63, 3.8) is 0 Å². The molecular formula is C13H15NO2S. The molecule has 90 valence electrons. The van der Waals surface area contributed by atoms with Gasteiger partial charge in [0.25, 0.3) is 0 Å². The summed E-state index contributed by atoms with van der Waals surface area (Å²) in [4.78, 5) is 5.06. The topological polar surface area (TPSA) is 42.4 Å². The Hall–Kier alpha value is -1.23. The van der Waals surface area contributed by atoms with Crippen LogP contribution in [0.4, 0.5) is 0 Å². The number of benzene rings is 1. The highest BCUT2D eigenvalue weighted by Gasteiger charge is 2.21. The number of rotatable bonds is 5.